The fourth-order valence-electron chi connectivity index (χ4n) is 0.472. The molecule has 62 valence electrons. The van der Waals surface area contributed by atoms with E-state index in [1.165, 1.54) is 6.92 Å². The molecule has 0 fully saturated rings. The molecule has 0 rings (SSSR count). The number of carbonyl (C=O) groups is 1. The van der Waals surface area contributed by atoms with Crippen LogP contribution in [0.3, 0.4) is 0 Å². The van der Waals surface area contributed by atoms with E-state index in [2.05, 4.69) is 5.32 Å². The lowest BCUT2D eigenvalue weighted by Gasteiger charge is -2.10. The topological polar surface area (TPSA) is 73.1 Å². The van der Waals surface area contributed by atoms with Crippen molar-refractivity contribution in [2.24, 2.45) is 5.92 Å². The Labute approximate surface area is 65.8 Å². The molecule has 2 N–H and O–H groups in total. The zero-order chi connectivity index (χ0) is 8.85. The minimum absolute atomic E-state index is 0.107. The standard InChI is InChI=1S/C7H12N2O2/c1-5(3-8)7(11)9-6(2)4-10/h5-6,10H,4H2,1-2H3,(H,9,11). The lowest BCUT2D eigenvalue weighted by molar-refractivity contribution is -0.123. The number of nitrogens with zero attached hydrogens (tertiary/aromatic N) is 1. The zero-order valence-corrected chi connectivity index (χ0v) is 6.66. The number of amides is 1. The van der Waals surface area contributed by atoms with Crippen molar-refractivity contribution in [3.8, 4) is 6.07 Å². The summed E-state index contributed by atoms with van der Waals surface area (Å²) < 4.78 is 0. The van der Waals surface area contributed by atoms with Gasteiger partial charge < -0.3 is 10.4 Å². The molecule has 0 saturated heterocycles. The summed E-state index contributed by atoms with van der Waals surface area (Å²) in [5.74, 6) is -0.988. The summed E-state index contributed by atoms with van der Waals surface area (Å²) in [6.07, 6.45) is 0. The molecular weight excluding hydrogens is 144 g/mol. The minimum atomic E-state index is -0.649. The van der Waals surface area contributed by atoms with Gasteiger partial charge in [-0.15, -0.1) is 0 Å². The maximum Gasteiger partial charge on any atom is 0.237 e. The van der Waals surface area contributed by atoms with E-state index < -0.39 is 5.92 Å². The molecule has 0 aromatic carbocycles. The fourth-order valence-corrected chi connectivity index (χ4v) is 0.472. The second kappa shape index (κ2) is 4.69. The highest BCUT2D eigenvalue weighted by Crippen LogP contribution is 1.92. The van der Waals surface area contributed by atoms with Gasteiger partial charge in [-0.3, -0.25) is 4.79 Å². The largest absolute Gasteiger partial charge is 0.394 e. The summed E-state index contributed by atoms with van der Waals surface area (Å²) in [6, 6.07) is 1.52. The summed E-state index contributed by atoms with van der Waals surface area (Å²) >= 11 is 0. The summed E-state index contributed by atoms with van der Waals surface area (Å²) in [6.45, 7) is 3.07. The highest BCUT2D eigenvalue weighted by Gasteiger charge is 2.12. The van der Waals surface area contributed by atoms with E-state index in [1.807, 2.05) is 0 Å². The van der Waals surface area contributed by atoms with Crippen LogP contribution in [0, 0.1) is 17.2 Å². The minimum Gasteiger partial charge on any atom is -0.394 e. The van der Waals surface area contributed by atoms with Crippen molar-refractivity contribution in [1.29, 1.82) is 5.26 Å². The summed E-state index contributed by atoms with van der Waals surface area (Å²) in [4.78, 5) is 10.9. The number of hydrogen-bond acceptors (Lipinski definition) is 3. The van der Waals surface area contributed by atoms with Crippen molar-refractivity contribution in [3.63, 3.8) is 0 Å². The molecule has 0 aliphatic carbocycles. The number of aliphatic hydroxyl groups is 1. The Kier molecular flexibility index (Phi) is 4.23. The van der Waals surface area contributed by atoms with Crippen molar-refractivity contribution in [2.45, 2.75) is 19.9 Å². The molecule has 0 heterocycles. The average molecular weight is 156 g/mol. The predicted molar refractivity (Wildman–Crippen MR) is 39.5 cm³/mol. The van der Waals surface area contributed by atoms with Gasteiger partial charge in [-0.2, -0.15) is 5.26 Å². The van der Waals surface area contributed by atoms with E-state index in [-0.39, 0.29) is 18.6 Å². The maximum absolute atomic E-state index is 10.9. The Morgan fingerprint density at radius 3 is 2.64 bits per heavy atom. The van der Waals surface area contributed by atoms with E-state index in [0.29, 0.717) is 0 Å². The van der Waals surface area contributed by atoms with Gasteiger partial charge >= 0.3 is 0 Å². The van der Waals surface area contributed by atoms with Gasteiger partial charge in [-0.05, 0) is 13.8 Å². The third-order valence-corrected chi connectivity index (χ3v) is 1.25. The Morgan fingerprint density at radius 2 is 2.27 bits per heavy atom. The molecule has 2 atom stereocenters. The first-order chi connectivity index (χ1) is 5.11. The number of hydrogen-bond donors (Lipinski definition) is 2. The van der Waals surface area contributed by atoms with Crippen LogP contribution in [0.15, 0.2) is 0 Å². The second-order valence-corrected chi connectivity index (χ2v) is 2.44. The first-order valence-corrected chi connectivity index (χ1v) is 3.42. The van der Waals surface area contributed by atoms with Crippen molar-refractivity contribution in [3.05, 3.63) is 0 Å². The van der Waals surface area contributed by atoms with Gasteiger partial charge in [-0.1, -0.05) is 0 Å². The Morgan fingerprint density at radius 1 is 1.73 bits per heavy atom. The normalized spacial score (nSPS) is 14.7. The fraction of sp³-hybridized carbons (Fsp3) is 0.714. The lowest BCUT2D eigenvalue weighted by Crippen LogP contribution is -2.37. The summed E-state index contributed by atoms with van der Waals surface area (Å²) in [7, 11) is 0. The van der Waals surface area contributed by atoms with Crippen molar-refractivity contribution >= 4 is 5.91 Å². The molecule has 0 radical (unpaired) electrons. The molecule has 11 heavy (non-hydrogen) atoms. The van der Waals surface area contributed by atoms with E-state index in [0.717, 1.165) is 0 Å². The zero-order valence-electron chi connectivity index (χ0n) is 6.66. The first-order valence-electron chi connectivity index (χ1n) is 3.42. The molecule has 0 saturated carbocycles. The van der Waals surface area contributed by atoms with Crippen molar-refractivity contribution in [1.82, 2.24) is 5.32 Å². The number of carbonyl (C=O) groups excluding carboxylic acids is 1. The van der Waals surface area contributed by atoms with Crippen LogP contribution < -0.4 is 5.32 Å². The van der Waals surface area contributed by atoms with Crippen LogP contribution in [0.5, 0.6) is 0 Å². The van der Waals surface area contributed by atoms with Crippen LogP contribution >= 0.6 is 0 Å². The van der Waals surface area contributed by atoms with Crippen LogP contribution in [-0.2, 0) is 4.79 Å². The first kappa shape index (κ1) is 9.92. The number of nitrogens with one attached hydrogen (secondary N) is 1. The smallest absolute Gasteiger partial charge is 0.237 e. The third kappa shape index (κ3) is 3.58. The quantitative estimate of drug-likeness (QED) is 0.586. The number of nitriles is 1. The molecule has 1 amide bonds. The molecule has 0 aliphatic rings. The Hall–Kier alpha value is -1.08. The third-order valence-electron chi connectivity index (χ3n) is 1.25. The highest BCUT2D eigenvalue weighted by molar-refractivity contribution is 5.80. The van der Waals surface area contributed by atoms with Gasteiger partial charge in [0.1, 0.15) is 5.92 Å². The van der Waals surface area contributed by atoms with E-state index in [1.54, 1.807) is 13.0 Å². The molecule has 2 unspecified atom stereocenters. The molecule has 0 aromatic rings. The Bertz CT molecular complexity index is 174. The van der Waals surface area contributed by atoms with E-state index >= 15 is 0 Å². The Balaban J connectivity index is 3.80. The van der Waals surface area contributed by atoms with Gasteiger partial charge in [0.2, 0.25) is 5.91 Å². The van der Waals surface area contributed by atoms with E-state index in [9.17, 15) is 4.79 Å². The van der Waals surface area contributed by atoms with Crippen LogP contribution in [0.4, 0.5) is 0 Å². The van der Waals surface area contributed by atoms with Crippen LogP contribution in [0.1, 0.15) is 13.8 Å². The van der Waals surface area contributed by atoms with Gasteiger partial charge in [0.25, 0.3) is 0 Å². The van der Waals surface area contributed by atoms with Crippen LogP contribution in [-0.4, -0.2) is 23.7 Å². The second-order valence-electron chi connectivity index (χ2n) is 2.44. The average Bonchev–Trinajstić information content (AvgIpc) is 2.02. The molecule has 4 nitrogen and oxygen atoms in total. The molecule has 0 aliphatic heterocycles. The maximum atomic E-state index is 10.9. The molecule has 0 spiro atoms. The number of rotatable bonds is 3. The van der Waals surface area contributed by atoms with Crippen LogP contribution in [0.2, 0.25) is 0 Å². The predicted octanol–water partition coefficient (Wildman–Crippen LogP) is -0.357. The van der Waals surface area contributed by atoms with Gasteiger partial charge in [0.05, 0.1) is 12.7 Å². The van der Waals surface area contributed by atoms with Crippen molar-refractivity contribution < 1.29 is 9.90 Å². The van der Waals surface area contributed by atoms with Crippen molar-refractivity contribution in [2.75, 3.05) is 6.61 Å². The molecule has 0 bridgehead atoms. The van der Waals surface area contributed by atoms with E-state index in [4.69, 9.17) is 10.4 Å². The van der Waals surface area contributed by atoms with Gasteiger partial charge in [-0.25, -0.2) is 0 Å². The summed E-state index contributed by atoms with van der Waals surface area (Å²) in [5.41, 5.74) is 0. The molecule has 0 aromatic heterocycles. The SMILES string of the molecule is CC(CO)NC(=O)C(C)C#N. The molecule has 4 heteroatoms. The highest BCUT2D eigenvalue weighted by atomic mass is 16.3. The number of aliphatic hydroxyl groups excluding tert-OH is 1. The molecular formula is C7H12N2O2. The lowest BCUT2D eigenvalue weighted by atomic mass is 10.2. The van der Waals surface area contributed by atoms with Gasteiger partial charge in [0, 0.05) is 6.04 Å². The summed E-state index contributed by atoms with van der Waals surface area (Å²) in [5, 5.41) is 19.3. The monoisotopic (exact) mass is 156 g/mol. The van der Waals surface area contributed by atoms with Crippen LogP contribution in [0.25, 0.3) is 0 Å². The van der Waals surface area contributed by atoms with Gasteiger partial charge in [0.15, 0.2) is 0 Å².